The highest BCUT2D eigenvalue weighted by Crippen LogP contribution is 2.03. The highest BCUT2D eigenvalue weighted by Gasteiger charge is 2.11. The molecule has 0 aliphatic rings. The van der Waals surface area contributed by atoms with Crippen LogP contribution in [0, 0.1) is 0 Å². The fraction of sp³-hybridized carbons (Fsp3) is 0.250. The second-order valence-electron chi connectivity index (χ2n) is 3.82. The smallest absolute Gasteiger partial charge is 0.256 e. The average Bonchev–Trinajstić information content (AvgIpc) is 2.90. The van der Waals surface area contributed by atoms with E-state index in [0.717, 1.165) is 6.42 Å². The molecule has 5 heteroatoms. The molecule has 0 unspecified atom stereocenters. The van der Waals surface area contributed by atoms with Crippen molar-refractivity contribution in [3.63, 3.8) is 0 Å². The van der Waals surface area contributed by atoms with Crippen LogP contribution >= 0.6 is 0 Å². The van der Waals surface area contributed by atoms with Crippen LogP contribution in [0.4, 0.5) is 0 Å². The minimum atomic E-state index is -0.0205. The minimum Gasteiger partial charge on any atom is -0.341 e. The summed E-state index contributed by atoms with van der Waals surface area (Å²) in [5, 5.41) is 6.40. The van der Waals surface area contributed by atoms with Gasteiger partial charge in [-0.1, -0.05) is 0 Å². The van der Waals surface area contributed by atoms with Gasteiger partial charge in [0.1, 0.15) is 0 Å². The minimum absolute atomic E-state index is 0.0205. The van der Waals surface area contributed by atoms with E-state index in [2.05, 4.69) is 15.2 Å². The summed E-state index contributed by atoms with van der Waals surface area (Å²) in [5.74, 6) is -0.0205. The highest BCUT2D eigenvalue weighted by atomic mass is 16.2. The van der Waals surface area contributed by atoms with Gasteiger partial charge in [0.15, 0.2) is 0 Å². The van der Waals surface area contributed by atoms with Gasteiger partial charge in [-0.2, -0.15) is 5.10 Å². The van der Waals surface area contributed by atoms with Crippen LogP contribution in [0.25, 0.3) is 0 Å². The van der Waals surface area contributed by atoms with Crippen molar-refractivity contribution in [2.45, 2.75) is 6.42 Å². The van der Waals surface area contributed by atoms with Crippen LogP contribution in [0.15, 0.2) is 36.9 Å². The van der Waals surface area contributed by atoms with Crippen LogP contribution in [0.3, 0.4) is 0 Å². The molecule has 2 heterocycles. The maximum absolute atomic E-state index is 11.9. The van der Waals surface area contributed by atoms with Crippen molar-refractivity contribution < 1.29 is 4.79 Å². The van der Waals surface area contributed by atoms with Gasteiger partial charge >= 0.3 is 0 Å². The van der Waals surface area contributed by atoms with Gasteiger partial charge in [0.25, 0.3) is 5.91 Å². The van der Waals surface area contributed by atoms with Gasteiger partial charge in [0.2, 0.25) is 0 Å². The van der Waals surface area contributed by atoms with Crippen molar-refractivity contribution in [3.8, 4) is 0 Å². The summed E-state index contributed by atoms with van der Waals surface area (Å²) in [7, 11) is 1.79. The van der Waals surface area contributed by atoms with E-state index in [9.17, 15) is 4.79 Å². The second-order valence-corrected chi connectivity index (χ2v) is 3.82. The lowest BCUT2D eigenvalue weighted by atomic mass is 10.2. The number of likely N-dealkylation sites (N-methyl/N-ethyl adjacent to an activating group) is 1. The molecule has 0 atom stereocenters. The Bertz CT molecular complexity index is 467. The van der Waals surface area contributed by atoms with Crippen LogP contribution in [0.5, 0.6) is 0 Å². The lowest BCUT2D eigenvalue weighted by molar-refractivity contribution is 0.0796. The Kier molecular flexibility index (Phi) is 3.49. The lowest BCUT2D eigenvalue weighted by Gasteiger charge is -2.15. The van der Waals surface area contributed by atoms with E-state index in [0.29, 0.717) is 12.1 Å². The van der Waals surface area contributed by atoms with E-state index in [1.165, 1.54) is 11.8 Å². The molecule has 0 aromatic carbocycles. The predicted octanol–water partition coefficient (Wildman–Crippen LogP) is 1.12. The molecule has 5 nitrogen and oxygen atoms in total. The zero-order chi connectivity index (χ0) is 12.1. The predicted molar refractivity (Wildman–Crippen MR) is 63.5 cm³/mol. The van der Waals surface area contributed by atoms with E-state index >= 15 is 0 Å². The van der Waals surface area contributed by atoms with Crippen molar-refractivity contribution in [2.75, 3.05) is 13.6 Å². The first kappa shape index (κ1) is 11.3. The van der Waals surface area contributed by atoms with E-state index in [1.54, 1.807) is 30.5 Å². The third-order valence-electron chi connectivity index (χ3n) is 2.58. The Hall–Kier alpha value is -2.17. The van der Waals surface area contributed by atoms with Crippen LogP contribution in [0.1, 0.15) is 15.9 Å². The Morgan fingerprint density at radius 2 is 2.18 bits per heavy atom. The Labute approximate surface area is 99.5 Å². The molecule has 1 amide bonds. The number of hydrogen-bond donors (Lipinski definition) is 1. The fourth-order valence-corrected chi connectivity index (χ4v) is 1.54. The number of nitrogens with zero attached hydrogens (tertiary/aromatic N) is 3. The molecule has 0 radical (unpaired) electrons. The monoisotopic (exact) mass is 230 g/mol. The molecule has 2 aromatic rings. The molecular weight excluding hydrogens is 216 g/mol. The molecule has 0 saturated heterocycles. The normalized spacial score (nSPS) is 10.2. The number of hydrogen-bond acceptors (Lipinski definition) is 3. The van der Waals surface area contributed by atoms with Gasteiger partial charge in [-0.15, -0.1) is 0 Å². The molecule has 2 rings (SSSR count). The highest BCUT2D eigenvalue weighted by molar-refractivity contribution is 5.93. The molecule has 88 valence electrons. The number of rotatable bonds is 4. The first-order valence-corrected chi connectivity index (χ1v) is 5.40. The number of aromatic amines is 1. The maximum Gasteiger partial charge on any atom is 0.256 e. The molecule has 0 spiro atoms. The molecule has 1 N–H and O–H groups in total. The summed E-state index contributed by atoms with van der Waals surface area (Å²) in [6.45, 7) is 0.675. The largest absolute Gasteiger partial charge is 0.341 e. The number of amides is 1. The lowest BCUT2D eigenvalue weighted by Crippen LogP contribution is -2.28. The first-order valence-electron chi connectivity index (χ1n) is 5.40. The quantitative estimate of drug-likeness (QED) is 0.856. The molecule has 0 aliphatic heterocycles. The summed E-state index contributed by atoms with van der Waals surface area (Å²) in [4.78, 5) is 17.5. The average molecular weight is 230 g/mol. The Balaban J connectivity index is 1.90. The van der Waals surface area contributed by atoms with Crippen LogP contribution in [-0.2, 0) is 6.42 Å². The molecule has 17 heavy (non-hydrogen) atoms. The maximum atomic E-state index is 11.9. The van der Waals surface area contributed by atoms with Gasteiger partial charge in [0.05, 0.1) is 11.8 Å². The van der Waals surface area contributed by atoms with E-state index < -0.39 is 0 Å². The molecule has 0 saturated carbocycles. The van der Waals surface area contributed by atoms with Crippen LogP contribution in [0.2, 0.25) is 0 Å². The summed E-state index contributed by atoms with van der Waals surface area (Å²) in [6, 6.07) is 3.91. The van der Waals surface area contributed by atoms with E-state index in [-0.39, 0.29) is 5.91 Å². The number of nitrogens with one attached hydrogen (secondary N) is 1. The number of H-pyrrole nitrogens is 1. The van der Waals surface area contributed by atoms with Gasteiger partial charge in [-0.05, 0) is 24.1 Å². The number of carbonyl (C=O) groups excluding carboxylic acids is 1. The molecule has 0 fully saturated rings. The third kappa shape index (κ3) is 2.90. The van der Waals surface area contributed by atoms with E-state index in [4.69, 9.17) is 0 Å². The molecular formula is C12H14N4O. The molecule has 0 aliphatic carbocycles. The van der Waals surface area contributed by atoms with Gasteiger partial charge in [0, 0.05) is 32.2 Å². The zero-order valence-electron chi connectivity index (χ0n) is 9.63. The Morgan fingerprint density at radius 3 is 2.82 bits per heavy atom. The first-order chi connectivity index (χ1) is 8.27. The summed E-state index contributed by atoms with van der Waals surface area (Å²) < 4.78 is 0. The summed E-state index contributed by atoms with van der Waals surface area (Å²) in [6.07, 6.45) is 7.47. The standard InChI is InChI=1S/C12H14N4O/c1-16(12(17)11-8-14-15-9-11)7-4-10-2-5-13-6-3-10/h2-3,5-6,8-9H,4,7H2,1H3,(H,14,15). The van der Waals surface area contributed by atoms with E-state index in [1.807, 2.05) is 12.1 Å². The molecule has 2 aromatic heterocycles. The van der Waals surface area contributed by atoms with Crippen LogP contribution < -0.4 is 0 Å². The zero-order valence-corrected chi connectivity index (χ0v) is 9.63. The fourth-order valence-electron chi connectivity index (χ4n) is 1.54. The van der Waals surface area contributed by atoms with Crippen LogP contribution in [-0.4, -0.2) is 39.6 Å². The van der Waals surface area contributed by atoms with Crippen molar-refractivity contribution in [2.24, 2.45) is 0 Å². The topological polar surface area (TPSA) is 61.9 Å². The van der Waals surface area contributed by atoms with Crippen molar-refractivity contribution in [1.29, 1.82) is 0 Å². The van der Waals surface area contributed by atoms with Crippen molar-refractivity contribution in [3.05, 3.63) is 48.0 Å². The number of carbonyl (C=O) groups is 1. The van der Waals surface area contributed by atoms with Gasteiger partial charge in [-0.3, -0.25) is 14.9 Å². The summed E-state index contributed by atoms with van der Waals surface area (Å²) >= 11 is 0. The number of pyridine rings is 1. The van der Waals surface area contributed by atoms with Gasteiger partial charge in [-0.25, -0.2) is 0 Å². The van der Waals surface area contributed by atoms with Crippen molar-refractivity contribution >= 4 is 5.91 Å². The summed E-state index contributed by atoms with van der Waals surface area (Å²) in [5.41, 5.74) is 1.76. The second kappa shape index (κ2) is 5.25. The van der Waals surface area contributed by atoms with Crippen molar-refractivity contribution in [1.82, 2.24) is 20.1 Å². The molecule has 0 bridgehead atoms. The third-order valence-corrected chi connectivity index (χ3v) is 2.58. The Morgan fingerprint density at radius 1 is 1.41 bits per heavy atom. The number of aromatic nitrogens is 3. The van der Waals surface area contributed by atoms with Gasteiger partial charge < -0.3 is 4.90 Å². The SMILES string of the molecule is CN(CCc1ccncc1)C(=O)c1cn[nH]c1.